The summed E-state index contributed by atoms with van der Waals surface area (Å²) in [5.41, 5.74) is 0.435. The second kappa shape index (κ2) is 5.50. The van der Waals surface area contributed by atoms with Gasteiger partial charge in [-0.25, -0.2) is 9.18 Å². The molecule has 106 valence electrons. The van der Waals surface area contributed by atoms with Gasteiger partial charge in [0.1, 0.15) is 5.82 Å². The van der Waals surface area contributed by atoms with E-state index in [9.17, 15) is 31.1 Å². The van der Waals surface area contributed by atoms with Gasteiger partial charge in [0.25, 0.3) is 0 Å². The lowest BCUT2D eigenvalue weighted by Gasteiger charge is -2.17. The highest BCUT2D eigenvalue weighted by Crippen LogP contribution is 2.36. The molecule has 0 spiro atoms. The third-order valence-electron chi connectivity index (χ3n) is 2.15. The minimum absolute atomic E-state index is 0.0973. The molecule has 0 aliphatic carbocycles. The maximum absolute atomic E-state index is 12.5. The summed E-state index contributed by atoms with van der Waals surface area (Å²) in [6.45, 7) is -0.657. The molecule has 0 unspecified atom stereocenters. The molecule has 0 fully saturated rings. The maximum atomic E-state index is 12.5. The van der Waals surface area contributed by atoms with Crippen molar-refractivity contribution in [3.8, 4) is 0 Å². The zero-order valence-corrected chi connectivity index (χ0v) is 9.31. The van der Waals surface area contributed by atoms with Crippen LogP contribution < -0.4 is 0 Å². The molecule has 8 heteroatoms. The van der Waals surface area contributed by atoms with Crippen LogP contribution in [0.3, 0.4) is 0 Å². The van der Waals surface area contributed by atoms with Crippen LogP contribution >= 0.6 is 0 Å². The number of alkyl halides is 5. The van der Waals surface area contributed by atoms with Crippen LogP contribution in [0.1, 0.15) is 5.56 Å². The van der Waals surface area contributed by atoms with Crippen LogP contribution in [-0.4, -0.2) is 24.7 Å². The molecule has 2 nitrogen and oxygen atoms in total. The van der Waals surface area contributed by atoms with Crippen molar-refractivity contribution in [1.82, 2.24) is 0 Å². The number of carbonyl (C=O) groups is 1. The molecule has 0 amide bonds. The Hall–Kier alpha value is -1.73. The summed E-state index contributed by atoms with van der Waals surface area (Å²) in [5, 5.41) is 0. The predicted octanol–water partition coefficient (Wildman–Crippen LogP) is 3.11. The van der Waals surface area contributed by atoms with Gasteiger partial charge in [0, 0.05) is 6.42 Å². The number of rotatable bonds is 4. The lowest BCUT2D eigenvalue weighted by Crippen LogP contribution is -2.45. The minimum atomic E-state index is -5.99. The van der Waals surface area contributed by atoms with E-state index in [4.69, 9.17) is 0 Å². The van der Waals surface area contributed by atoms with Crippen LogP contribution in [0.5, 0.6) is 0 Å². The van der Waals surface area contributed by atoms with E-state index in [0.717, 1.165) is 12.1 Å². The van der Waals surface area contributed by atoms with Gasteiger partial charge < -0.3 is 4.74 Å². The number of hydrogen-bond acceptors (Lipinski definition) is 2. The fourth-order valence-corrected chi connectivity index (χ4v) is 1.12. The Balaban J connectivity index is 2.49. The zero-order valence-electron chi connectivity index (χ0n) is 9.31. The molecule has 0 aliphatic rings. The van der Waals surface area contributed by atoms with E-state index >= 15 is 0 Å². The van der Waals surface area contributed by atoms with Gasteiger partial charge in [-0.3, -0.25) is 0 Å². The fourth-order valence-electron chi connectivity index (χ4n) is 1.12. The van der Waals surface area contributed by atoms with Crippen LogP contribution in [0.2, 0.25) is 0 Å². The summed E-state index contributed by atoms with van der Waals surface area (Å²) in [4.78, 5) is 10.6. The predicted molar refractivity (Wildman–Crippen MR) is 52.1 cm³/mol. The van der Waals surface area contributed by atoms with Gasteiger partial charge in [-0.1, -0.05) is 12.1 Å². The molecule has 0 atom stereocenters. The van der Waals surface area contributed by atoms with E-state index in [1.807, 2.05) is 0 Å². The van der Waals surface area contributed by atoms with Crippen LogP contribution in [0.4, 0.5) is 26.3 Å². The number of carbonyl (C=O) groups excluding carboxylic acids is 1. The summed E-state index contributed by atoms with van der Waals surface area (Å²) in [6.07, 6.45) is -6.08. The Morgan fingerprint density at radius 2 is 1.58 bits per heavy atom. The van der Waals surface area contributed by atoms with Crippen LogP contribution in [0.25, 0.3) is 0 Å². The topological polar surface area (TPSA) is 26.3 Å². The third kappa shape index (κ3) is 3.87. The SMILES string of the molecule is O=C(OCCc1ccc(F)cc1)C(F)(F)C(F)(F)F. The Bertz CT molecular complexity index is 437. The molecular formula is C11H8F6O2. The molecule has 1 aromatic rings. The third-order valence-corrected chi connectivity index (χ3v) is 2.15. The minimum Gasteiger partial charge on any atom is -0.461 e. The summed E-state index contributed by atoms with van der Waals surface area (Å²) in [7, 11) is 0. The molecule has 0 N–H and O–H groups in total. The molecule has 0 aromatic heterocycles. The largest absolute Gasteiger partial charge is 0.465 e. The van der Waals surface area contributed by atoms with E-state index in [-0.39, 0.29) is 6.42 Å². The molecule has 19 heavy (non-hydrogen) atoms. The van der Waals surface area contributed by atoms with Gasteiger partial charge in [-0.15, -0.1) is 0 Å². The standard InChI is InChI=1S/C11H8F6O2/c12-8-3-1-7(2-4-8)5-6-19-9(18)10(13,14)11(15,16)17/h1-4H,5-6H2. The Kier molecular flexibility index (Phi) is 4.43. The summed E-state index contributed by atoms with van der Waals surface area (Å²) >= 11 is 0. The van der Waals surface area contributed by atoms with Crippen molar-refractivity contribution in [3.05, 3.63) is 35.6 Å². The van der Waals surface area contributed by atoms with Gasteiger partial charge in [0.2, 0.25) is 0 Å². The first-order valence-corrected chi connectivity index (χ1v) is 5.01. The van der Waals surface area contributed by atoms with Crippen LogP contribution in [0.15, 0.2) is 24.3 Å². The van der Waals surface area contributed by atoms with E-state index in [2.05, 4.69) is 4.74 Å². The summed E-state index contributed by atoms with van der Waals surface area (Å²) in [6, 6.07) is 4.76. The number of ether oxygens (including phenoxy) is 1. The average molecular weight is 286 g/mol. The van der Waals surface area contributed by atoms with Gasteiger partial charge in [0.05, 0.1) is 6.61 Å². The van der Waals surface area contributed by atoms with Crippen molar-refractivity contribution in [1.29, 1.82) is 0 Å². The Morgan fingerprint density at radius 3 is 2.05 bits per heavy atom. The lowest BCUT2D eigenvalue weighted by atomic mass is 10.2. The quantitative estimate of drug-likeness (QED) is 0.628. The van der Waals surface area contributed by atoms with Crippen molar-refractivity contribution in [2.75, 3.05) is 6.61 Å². The zero-order chi connectivity index (χ0) is 14.7. The van der Waals surface area contributed by atoms with Crippen molar-refractivity contribution in [3.63, 3.8) is 0 Å². The molecule has 0 radical (unpaired) electrons. The number of benzene rings is 1. The Labute approximate surface area is 104 Å². The van der Waals surface area contributed by atoms with Crippen LogP contribution in [0, 0.1) is 5.82 Å². The normalized spacial score (nSPS) is 12.3. The first-order valence-electron chi connectivity index (χ1n) is 5.01. The van der Waals surface area contributed by atoms with Gasteiger partial charge in [-0.05, 0) is 17.7 Å². The highest BCUT2D eigenvalue weighted by Gasteiger charge is 2.64. The smallest absolute Gasteiger partial charge is 0.461 e. The molecule has 0 saturated heterocycles. The average Bonchev–Trinajstić information content (AvgIpc) is 2.30. The second-order valence-electron chi connectivity index (χ2n) is 3.58. The molecule has 0 bridgehead atoms. The van der Waals surface area contributed by atoms with E-state index in [0.29, 0.717) is 5.56 Å². The van der Waals surface area contributed by atoms with Crippen molar-refractivity contribution in [2.24, 2.45) is 0 Å². The summed E-state index contributed by atoms with van der Waals surface area (Å²) in [5.74, 6) is -8.71. The maximum Gasteiger partial charge on any atom is 0.465 e. The number of esters is 1. The summed E-state index contributed by atoms with van der Waals surface area (Å²) < 4.78 is 76.6. The first-order chi connectivity index (χ1) is 8.64. The van der Waals surface area contributed by atoms with E-state index < -0.39 is 30.5 Å². The van der Waals surface area contributed by atoms with Gasteiger partial charge in [-0.2, -0.15) is 22.0 Å². The highest BCUT2D eigenvalue weighted by molar-refractivity contribution is 5.78. The van der Waals surface area contributed by atoms with Gasteiger partial charge >= 0.3 is 18.1 Å². The van der Waals surface area contributed by atoms with Crippen molar-refractivity contribution >= 4 is 5.97 Å². The fraction of sp³-hybridized carbons (Fsp3) is 0.364. The highest BCUT2D eigenvalue weighted by atomic mass is 19.4. The van der Waals surface area contributed by atoms with Gasteiger partial charge in [0.15, 0.2) is 0 Å². The molecule has 0 aliphatic heterocycles. The number of hydrogen-bond donors (Lipinski definition) is 0. The lowest BCUT2D eigenvalue weighted by molar-refractivity contribution is -0.280. The monoisotopic (exact) mass is 286 g/mol. The number of halogens is 6. The second-order valence-corrected chi connectivity index (χ2v) is 3.58. The molecule has 0 heterocycles. The van der Waals surface area contributed by atoms with E-state index in [1.54, 1.807) is 0 Å². The molecular weight excluding hydrogens is 278 g/mol. The Morgan fingerprint density at radius 1 is 1.05 bits per heavy atom. The molecule has 1 rings (SSSR count). The molecule has 1 aromatic carbocycles. The van der Waals surface area contributed by atoms with E-state index in [1.165, 1.54) is 12.1 Å². The first kappa shape index (κ1) is 15.3. The van der Waals surface area contributed by atoms with Crippen LogP contribution in [-0.2, 0) is 16.0 Å². The van der Waals surface area contributed by atoms with Crippen molar-refractivity contribution < 1.29 is 35.9 Å². The van der Waals surface area contributed by atoms with Crippen molar-refractivity contribution in [2.45, 2.75) is 18.5 Å². The molecule has 0 saturated carbocycles.